The molecule has 27 heavy (non-hydrogen) atoms. The van der Waals surface area contributed by atoms with Crippen LogP contribution in [0, 0.1) is 20.2 Å². The molecule has 0 fully saturated rings. The zero-order valence-electron chi connectivity index (χ0n) is 13.6. The summed E-state index contributed by atoms with van der Waals surface area (Å²) in [6, 6.07) is 9.94. The lowest BCUT2D eigenvalue weighted by Crippen LogP contribution is -2.48. The number of hydrazine groups is 1. The van der Waals surface area contributed by atoms with Crippen LogP contribution in [0.4, 0.5) is 11.4 Å². The maximum Gasteiger partial charge on any atom is 0.341 e. The zero-order chi connectivity index (χ0) is 20.0. The number of anilines is 1. The number of carboxylic acids is 1. The van der Waals surface area contributed by atoms with Crippen molar-refractivity contribution in [2.75, 3.05) is 5.01 Å². The summed E-state index contributed by atoms with van der Waals surface area (Å²) in [5, 5.41) is 30.6. The average molecular weight is 375 g/mol. The van der Waals surface area contributed by atoms with Crippen molar-refractivity contribution in [2.45, 2.75) is 12.5 Å². The van der Waals surface area contributed by atoms with Gasteiger partial charge in [-0.25, -0.2) is 14.9 Å². The molecule has 2 rings (SSSR count). The van der Waals surface area contributed by atoms with Crippen LogP contribution in [0.15, 0.2) is 54.6 Å². The number of non-ortho nitro benzene ring substituents is 1. The van der Waals surface area contributed by atoms with E-state index in [2.05, 4.69) is 0 Å². The standard InChI is InChI=1S/C16H13N3O8/c20-15(21)10-14(17(19(25)26)11-4-2-1-3-5-11)16(22)27-13-8-6-12(7-9-13)18(23)24/h1-9,14H,10H2,(H,20,21)/t14-/m0/s1. The van der Waals surface area contributed by atoms with Crippen LogP contribution in [0.5, 0.6) is 5.75 Å². The fourth-order valence-corrected chi connectivity index (χ4v) is 2.22. The van der Waals surface area contributed by atoms with E-state index in [1.165, 1.54) is 24.3 Å². The summed E-state index contributed by atoms with van der Waals surface area (Å²) in [6.07, 6.45) is -0.887. The Morgan fingerprint density at radius 3 is 2.11 bits per heavy atom. The van der Waals surface area contributed by atoms with Crippen molar-refractivity contribution in [3.8, 4) is 5.75 Å². The van der Waals surface area contributed by atoms with Crippen LogP contribution in [0.1, 0.15) is 6.42 Å². The van der Waals surface area contributed by atoms with Gasteiger partial charge in [0, 0.05) is 12.1 Å². The fourth-order valence-electron chi connectivity index (χ4n) is 2.22. The SMILES string of the molecule is O=C(O)C[C@@H](C(=O)Oc1ccc([N+](=O)[O-])cc1)N(c1ccccc1)[N+](=O)[O-]. The molecule has 0 aliphatic heterocycles. The number of rotatable bonds is 8. The summed E-state index contributed by atoms with van der Waals surface area (Å²) in [6.45, 7) is 0. The highest BCUT2D eigenvalue weighted by molar-refractivity contribution is 5.86. The first-order valence-corrected chi connectivity index (χ1v) is 7.46. The molecule has 1 atom stereocenters. The number of benzene rings is 2. The minimum Gasteiger partial charge on any atom is -0.481 e. The van der Waals surface area contributed by atoms with Gasteiger partial charge in [-0.15, -0.1) is 0 Å². The molecular formula is C16H13N3O8. The number of para-hydroxylation sites is 1. The molecule has 0 aliphatic carbocycles. The molecule has 140 valence electrons. The van der Waals surface area contributed by atoms with Crippen molar-refractivity contribution in [1.29, 1.82) is 0 Å². The highest BCUT2D eigenvalue weighted by Crippen LogP contribution is 2.22. The van der Waals surface area contributed by atoms with Gasteiger partial charge in [0.25, 0.3) is 5.69 Å². The first kappa shape index (κ1) is 19.3. The predicted molar refractivity (Wildman–Crippen MR) is 90.7 cm³/mol. The van der Waals surface area contributed by atoms with Gasteiger partial charge in [-0.05, 0) is 24.3 Å². The van der Waals surface area contributed by atoms with Crippen molar-refractivity contribution in [3.63, 3.8) is 0 Å². The average Bonchev–Trinajstić information content (AvgIpc) is 2.62. The van der Waals surface area contributed by atoms with E-state index in [-0.39, 0.29) is 17.1 Å². The second kappa shape index (κ2) is 8.38. The number of esters is 1. The first-order chi connectivity index (χ1) is 12.8. The molecule has 2 aromatic rings. The van der Waals surface area contributed by atoms with Crippen molar-refractivity contribution in [1.82, 2.24) is 0 Å². The predicted octanol–water partition coefficient (Wildman–Crippen LogP) is 2.04. The molecule has 0 spiro atoms. The molecule has 0 aromatic heterocycles. The number of carbonyl (C=O) groups excluding carboxylic acids is 1. The lowest BCUT2D eigenvalue weighted by molar-refractivity contribution is -0.498. The summed E-state index contributed by atoms with van der Waals surface area (Å²) in [4.78, 5) is 45.0. The second-order valence-corrected chi connectivity index (χ2v) is 5.20. The van der Waals surface area contributed by atoms with Gasteiger partial charge in [0.1, 0.15) is 11.4 Å². The molecule has 0 bridgehead atoms. The Bertz CT molecular complexity index is 854. The van der Waals surface area contributed by atoms with Crippen LogP contribution >= 0.6 is 0 Å². The normalized spacial score (nSPS) is 11.3. The summed E-state index contributed by atoms with van der Waals surface area (Å²) >= 11 is 0. The number of nitro benzene ring substituents is 1. The van der Waals surface area contributed by atoms with Gasteiger partial charge < -0.3 is 9.84 Å². The minimum absolute atomic E-state index is 0.00519. The summed E-state index contributed by atoms with van der Waals surface area (Å²) in [5.41, 5.74) is -0.248. The number of hydrogen-bond acceptors (Lipinski definition) is 7. The van der Waals surface area contributed by atoms with Crippen molar-refractivity contribution in [2.24, 2.45) is 0 Å². The van der Waals surface area contributed by atoms with Crippen LogP contribution < -0.4 is 9.75 Å². The van der Waals surface area contributed by atoms with Gasteiger partial charge in [0.2, 0.25) is 6.04 Å². The van der Waals surface area contributed by atoms with Gasteiger partial charge in [0.15, 0.2) is 5.03 Å². The molecule has 0 radical (unpaired) electrons. The molecule has 2 aromatic carbocycles. The number of nitro groups is 2. The van der Waals surface area contributed by atoms with E-state index in [0.29, 0.717) is 5.01 Å². The van der Waals surface area contributed by atoms with Gasteiger partial charge in [-0.3, -0.25) is 14.9 Å². The highest BCUT2D eigenvalue weighted by Gasteiger charge is 2.38. The van der Waals surface area contributed by atoms with E-state index in [9.17, 15) is 29.8 Å². The smallest absolute Gasteiger partial charge is 0.341 e. The Morgan fingerprint density at radius 2 is 1.63 bits per heavy atom. The number of nitrogens with zero attached hydrogens (tertiary/aromatic N) is 3. The van der Waals surface area contributed by atoms with E-state index >= 15 is 0 Å². The Labute approximate surface area is 151 Å². The summed E-state index contributed by atoms with van der Waals surface area (Å²) in [5.74, 6) is -2.74. The second-order valence-electron chi connectivity index (χ2n) is 5.20. The first-order valence-electron chi connectivity index (χ1n) is 7.46. The van der Waals surface area contributed by atoms with Crippen molar-refractivity contribution < 1.29 is 29.4 Å². The molecule has 0 unspecified atom stereocenters. The zero-order valence-corrected chi connectivity index (χ0v) is 13.6. The Morgan fingerprint density at radius 1 is 1.04 bits per heavy atom. The third kappa shape index (κ3) is 4.98. The van der Waals surface area contributed by atoms with E-state index < -0.39 is 34.4 Å². The monoisotopic (exact) mass is 375 g/mol. The van der Waals surface area contributed by atoms with Crippen LogP contribution in [-0.4, -0.2) is 33.0 Å². The fraction of sp³-hybridized carbons (Fsp3) is 0.125. The molecule has 0 amide bonds. The number of aliphatic carboxylic acids is 1. The van der Waals surface area contributed by atoms with Crippen molar-refractivity contribution >= 4 is 23.3 Å². The molecule has 0 saturated carbocycles. The van der Waals surface area contributed by atoms with E-state index in [1.54, 1.807) is 6.07 Å². The molecule has 11 nitrogen and oxygen atoms in total. The molecule has 0 saturated heterocycles. The number of ether oxygens (including phenoxy) is 1. The Balaban J connectivity index is 2.30. The Hall–Kier alpha value is -4.02. The van der Waals surface area contributed by atoms with Crippen LogP contribution in [-0.2, 0) is 9.59 Å². The summed E-state index contributed by atoms with van der Waals surface area (Å²) in [7, 11) is 0. The van der Waals surface area contributed by atoms with Gasteiger partial charge in [0.05, 0.1) is 11.3 Å². The highest BCUT2D eigenvalue weighted by atomic mass is 16.7. The van der Waals surface area contributed by atoms with Crippen LogP contribution in [0.3, 0.4) is 0 Å². The van der Waals surface area contributed by atoms with E-state index in [4.69, 9.17) is 9.84 Å². The van der Waals surface area contributed by atoms with Crippen LogP contribution in [0.2, 0.25) is 0 Å². The van der Waals surface area contributed by atoms with Gasteiger partial charge in [-0.2, -0.15) is 0 Å². The van der Waals surface area contributed by atoms with Gasteiger partial charge >= 0.3 is 11.9 Å². The largest absolute Gasteiger partial charge is 0.481 e. The topological polar surface area (TPSA) is 153 Å². The Kier molecular flexibility index (Phi) is 5.99. The molecule has 1 N–H and O–H groups in total. The molecular weight excluding hydrogens is 362 g/mol. The maximum absolute atomic E-state index is 12.4. The summed E-state index contributed by atoms with van der Waals surface area (Å²) < 4.78 is 4.99. The number of carboxylic acid groups (broad SMARTS) is 1. The quantitative estimate of drug-likeness (QED) is 0.316. The number of carbonyl (C=O) groups is 2. The third-order valence-corrected chi connectivity index (χ3v) is 3.40. The third-order valence-electron chi connectivity index (χ3n) is 3.40. The van der Waals surface area contributed by atoms with Crippen molar-refractivity contribution in [3.05, 3.63) is 74.8 Å². The minimum atomic E-state index is -1.75. The number of hydrogen-bond donors (Lipinski definition) is 1. The van der Waals surface area contributed by atoms with E-state index in [1.807, 2.05) is 0 Å². The molecule has 11 heteroatoms. The van der Waals surface area contributed by atoms with Gasteiger partial charge in [-0.1, -0.05) is 23.2 Å². The van der Waals surface area contributed by atoms with E-state index in [0.717, 1.165) is 24.3 Å². The maximum atomic E-state index is 12.4. The lowest BCUT2D eigenvalue weighted by atomic mass is 10.1. The van der Waals surface area contributed by atoms with Crippen LogP contribution in [0.25, 0.3) is 0 Å². The molecule has 0 aliphatic rings. The lowest BCUT2D eigenvalue weighted by Gasteiger charge is -2.21. The molecule has 0 heterocycles.